The Balaban J connectivity index is 1.55. The van der Waals surface area contributed by atoms with Gasteiger partial charge >= 0.3 is 5.97 Å². The number of carboxylic acids is 1. The molecule has 0 heterocycles. The van der Waals surface area contributed by atoms with Gasteiger partial charge in [0, 0.05) is 6.54 Å². The summed E-state index contributed by atoms with van der Waals surface area (Å²) >= 11 is 0. The van der Waals surface area contributed by atoms with Gasteiger partial charge in [-0.25, -0.2) is 13.6 Å². The van der Waals surface area contributed by atoms with Crippen molar-refractivity contribution < 1.29 is 23.1 Å². The van der Waals surface area contributed by atoms with Gasteiger partial charge in [0.1, 0.15) is 0 Å². The number of sulfonamides is 1. The standard InChI is InChI=1S/C17H22N2O5S/c18-25(23,24)13-5-1-10(2-6-13)7-8-19-16(20)14-11-3-4-12(9-11)15(14)17(21)22/h1-2,5-6,11-12,14-15H,3-4,7-9H2,(H,19,20)(H,21,22)(H2,18,23,24)/t11-,12-,14+,15-/m0/s1. The van der Waals surface area contributed by atoms with Crippen molar-refractivity contribution in [3.8, 4) is 0 Å². The lowest BCUT2D eigenvalue weighted by molar-refractivity contribution is -0.149. The van der Waals surface area contributed by atoms with Gasteiger partial charge in [-0.15, -0.1) is 0 Å². The minimum Gasteiger partial charge on any atom is -0.481 e. The Bertz CT molecular complexity index is 775. The van der Waals surface area contributed by atoms with Gasteiger partial charge in [-0.2, -0.15) is 0 Å². The number of nitrogens with two attached hydrogens (primary N) is 1. The molecule has 8 heteroatoms. The second kappa shape index (κ2) is 6.76. The highest BCUT2D eigenvalue weighted by Crippen LogP contribution is 2.52. The zero-order valence-electron chi connectivity index (χ0n) is 13.7. The lowest BCUT2D eigenvalue weighted by Gasteiger charge is -2.27. The highest BCUT2D eigenvalue weighted by molar-refractivity contribution is 7.89. The third-order valence-corrected chi connectivity index (χ3v) is 6.40. The Morgan fingerprint density at radius 3 is 2.28 bits per heavy atom. The molecule has 136 valence electrons. The van der Waals surface area contributed by atoms with Crippen molar-refractivity contribution in [1.29, 1.82) is 0 Å². The highest BCUT2D eigenvalue weighted by atomic mass is 32.2. The maximum absolute atomic E-state index is 12.5. The molecule has 0 aromatic heterocycles. The second-order valence-corrected chi connectivity index (χ2v) is 8.51. The summed E-state index contributed by atoms with van der Waals surface area (Å²) in [4.78, 5) is 24.0. The Morgan fingerprint density at radius 2 is 1.72 bits per heavy atom. The average molecular weight is 366 g/mol. The molecule has 0 unspecified atom stereocenters. The number of carbonyl (C=O) groups is 2. The number of nitrogens with one attached hydrogen (secondary N) is 1. The molecule has 3 rings (SSSR count). The zero-order valence-corrected chi connectivity index (χ0v) is 14.5. The van der Waals surface area contributed by atoms with Crippen molar-refractivity contribution >= 4 is 21.9 Å². The molecule has 2 aliphatic carbocycles. The van der Waals surface area contributed by atoms with Crippen LogP contribution in [0.2, 0.25) is 0 Å². The molecule has 0 aliphatic heterocycles. The van der Waals surface area contributed by atoms with Crippen molar-refractivity contribution in [2.24, 2.45) is 28.8 Å². The van der Waals surface area contributed by atoms with E-state index in [1.165, 1.54) is 12.1 Å². The second-order valence-electron chi connectivity index (χ2n) is 6.95. The van der Waals surface area contributed by atoms with Gasteiger partial charge in [-0.3, -0.25) is 9.59 Å². The summed E-state index contributed by atoms with van der Waals surface area (Å²) in [5.41, 5.74) is 0.871. The molecule has 7 nitrogen and oxygen atoms in total. The Kier molecular flexibility index (Phi) is 4.83. The van der Waals surface area contributed by atoms with Gasteiger partial charge in [0.05, 0.1) is 16.7 Å². The van der Waals surface area contributed by atoms with E-state index >= 15 is 0 Å². The monoisotopic (exact) mass is 366 g/mol. The van der Waals surface area contributed by atoms with Gasteiger partial charge in [-0.1, -0.05) is 12.1 Å². The summed E-state index contributed by atoms with van der Waals surface area (Å²) in [6.45, 7) is 0.383. The summed E-state index contributed by atoms with van der Waals surface area (Å²) in [6.07, 6.45) is 3.21. The first-order valence-electron chi connectivity index (χ1n) is 8.39. The van der Waals surface area contributed by atoms with Gasteiger partial charge in [0.2, 0.25) is 15.9 Å². The van der Waals surface area contributed by atoms with E-state index in [1.54, 1.807) is 12.1 Å². The van der Waals surface area contributed by atoms with Crippen LogP contribution < -0.4 is 10.5 Å². The Labute approximate surface area is 146 Å². The quantitative estimate of drug-likeness (QED) is 0.684. The van der Waals surface area contributed by atoms with Crippen LogP contribution in [0.25, 0.3) is 0 Å². The zero-order chi connectivity index (χ0) is 18.2. The molecule has 0 saturated heterocycles. The number of rotatable bonds is 6. The van der Waals surface area contributed by atoms with Crippen molar-refractivity contribution in [3.05, 3.63) is 29.8 Å². The van der Waals surface area contributed by atoms with Crippen LogP contribution in [0.15, 0.2) is 29.2 Å². The number of carbonyl (C=O) groups excluding carboxylic acids is 1. The molecule has 1 aromatic rings. The topological polar surface area (TPSA) is 127 Å². The van der Waals surface area contributed by atoms with Crippen LogP contribution in [0.4, 0.5) is 0 Å². The molecule has 1 amide bonds. The van der Waals surface area contributed by atoms with Gasteiger partial charge in [0.15, 0.2) is 0 Å². The fourth-order valence-corrected chi connectivity index (χ4v) is 4.83. The van der Waals surface area contributed by atoms with E-state index in [0.29, 0.717) is 13.0 Å². The molecular weight excluding hydrogens is 344 g/mol. The largest absolute Gasteiger partial charge is 0.481 e. The third kappa shape index (κ3) is 3.69. The first kappa shape index (κ1) is 17.9. The third-order valence-electron chi connectivity index (χ3n) is 5.47. The number of carboxylic acid groups (broad SMARTS) is 1. The van der Waals surface area contributed by atoms with Crippen LogP contribution in [0, 0.1) is 23.7 Å². The van der Waals surface area contributed by atoms with E-state index in [4.69, 9.17) is 5.14 Å². The number of primary sulfonamides is 1. The molecule has 2 bridgehead atoms. The summed E-state index contributed by atoms with van der Waals surface area (Å²) in [5.74, 6) is -1.73. The normalized spacial score (nSPS) is 28.0. The maximum Gasteiger partial charge on any atom is 0.307 e. The van der Waals surface area contributed by atoms with Crippen molar-refractivity contribution in [2.75, 3.05) is 6.54 Å². The molecule has 2 fully saturated rings. The van der Waals surface area contributed by atoms with Crippen molar-refractivity contribution in [1.82, 2.24) is 5.32 Å². The molecule has 25 heavy (non-hydrogen) atoms. The number of hydrogen-bond acceptors (Lipinski definition) is 4. The molecule has 4 N–H and O–H groups in total. The van der Waals surface area contributed by atoms with Crippen LogP contribution in [-0.4, -0.2) is 31.9 Å². The number of fused-ring (bicyclic) bond motifs is 2. The predicted octanol–water partition coefficient (Wildman–Crippen LogP) is 0.740. The Morgan fingerprint density at radius 1 is 1.12 bits per heavy atom. The number of benzene rings is 1. The number of aliphatic carboxylic acids is 1. The van der Waals surface area contributed by atoms with E-state index in [9.17, 15) is 23.1 Å². The first-order chi connectivity index (χ1) is 11.8. The lowest BCUT2D eigenvalue weighted by atomic mass is 9.78. The fourth-order valence-electron chi connectivity index (χ4n) is 4.32. The first-order valence-corrected chi connectivity index (χ1v) is 9.94. The Hall–Kier alpha value is -1.93. The minimum absolute atomic E-state index is 0.0477. The SMILES string of the molecule is NS(=O)(=O)c1ccc(CCNC(=O)[C@@H]2[C@H]3CC[C@@H](C3)[C@@H]2C(=O)O)cc1. The van der Waals surface area contributed by atoms with E-state index in [0.717, 1.165) is 24.8 Å². The summed E-state index contributed by atoms with van der Waals surface area (Å²) in [6, 6.07) is 6.18. The van der Waals surface area contributed by atoms with Crippen LogP contribution >= 0.6 is 0 Å². The van der Waals surface area contributed by atoms with Crippen LogP contribution in [-0.2, 0) is 26.0 Å². The van der Waals surface area contributed by atoms with Gasteiger partial charge in [-0.05, 0) is 55.2 Å². The van der Waals surface area contributed by atoms with E-state index in [-0.39, 0.29) is 22.6 Å². The number of hydrogen-bond donors (Lipinski definition) is 3. The van der Waals surface area contributed by atoms with Crippen LogP contribution in [0.1, 0.15) is 24.8 Å². The molecule has 1 aromatic carbocycles. The molecule has 4 atom stereocenters. The van der Waals surface area contributed by atoms with E-state index in [1.807, 2.05) is 0 Å². The fraction of sp³-hybridized carbons (Fsp3) is 0.529. The van der Waals surface area contributed by atoms with Gasteiger partial charge < -0.3 is 10.4 Å². The molecule has 2 saturated carbocycles. The van der Waals surface area contributed by atoms with Crippen molar-refractivity contribution in [2.45, 2.75) is 30.6 Å². The van der Waals surface area contributed by atoms with Crippen LogP contribution in [0.3, 0.4) is 0 Å². The molecular formula is C17H22N2O5S. The summed E-state index contributed by atoms with van der Waals surface area (Å²) in [5, 5.41) is 17.3. The smallest absolute Gasteiger partial charge is 0.307 e. The molecule has 2 aliphatic rings. The lowest BCUT2D eigenvalue weighted by Crippen LogP contribution is -2.41. The van der Waals surface area contributed by atoms with Crippen LogP contribution in [0.5, 0.6) is 0 Å². The maximum atomic E-state index is 12.5. The van der Waals surface area contributed by atoms with E-state index in [2.05, 4.69) is 5.32 Å². The summed E-state index contributed by atoms with van der Waals surface area (Å²) in [7, 11) is -3.71. The van der Waals surface area contributed by atoms with Gasteiger partial charge in [0.25, 0.3) is 0 Å². The highest BCUT2D eigenvalue weighted by Gasteiger charge is 2.53. The molecule has 0 spiro atoms. The van der Waals surface area contributed by atoms with E-state index < -0.39 is 27.8 Å². The van der Waals surface area contributed by atoms with Crippen molar-refractivity contribution in [3.63, 3.8) is 0 Å². The number of amides is 1. The summed E-state index contributed by atoms with van der Waals surface area (Å²) < 4.78 is 22.4. The average Bonchev–Trinajstić information content (AvgIpc) is 3.15. The minimum atomic E-state index is -3.71. The molecule has 0 radical (unpaired) electrons. The predicted molar refractivity (Wildman–Crippen MR) is 90.0 cm³/mol.